The molecule has 2 aromatic rings. The van der Waals surface area contributed by atoms with E-state index in [1.54, 1.807) is 24.3 Å². The van der Waals surface area contributed by atoms with Crippen LogP contribution in [0.25, 0.3) is 6.08 Å². The molecule has 0 atom stereocenters. The first kappa shape index (κ1) is 17.1. The normalized spacial score (nSPS) is 11.1. The summed E-state index contributed by atoms with van der Waals surface area (Å²) >= 11 is 11.2. The summed E-state index contributed by atoms with van der Waals surface area (Å²) in [6.45, 7) is 1.84. The van der Waals surface area contributed by atoms with E-state index in [1.165, 1.54) is 6.08 Å². The van der Waals surface area contributed by atoms with Crippen LogP contribution in [0.4, 0.5) is 5.69 Å². The van der Waals surface area contributed by atoms with Crippen LogP contribution in [0.2, 0.25) is 5.02 Å². The highest BCUT2D eigenvalue weighted by atomic mass is 127. The Kier molecular flexibility index (Phi) is 5.67. The minimum Gasteiger partial charge on any atom is -0.450 e. The van der Waals surface area contributed by atoms with Crippen LogP contribution in [0.5, 0.6) is 0 Å². The van der Waals surface area contributed by atoms with Gasteiger partial charge in [0.2, 0.25) is 0 Å². The van der Waals surface area contributed by atoms with Crippen LogP contribution in [-0.2, 0) is 4.79 Å². The van der Waals surface area contributed by atoms with Crippen LogP contribution in [0.3, 0.4) is 0 Å². The fraction of sp³-hybridized carbons (Fsp3) is 0.0667. The lowest BCUT2D eigenvalue weighted by atomic mass is 10.1. The third kappa shape index (κ3) is 4.12. The van der Waals surface area contributed by atoms with Crippen LogP contribution in [-0.4, -0.2) is 5.91 Å². The van der Waals surface area contributed by atoms with Crippen LogP contribution >= 0.6 is 50.1 Å². The Labute approximate surface area is 154 Å². The van der Waals surface area contributed by atoms with E-state index in [4.69, 9.17) is 16.0 Å². The van der Waals surface area contributed by atoms with Gasteiger partial charge in [-0.1, -0.05) is 17.7 Å². The SMILES string of the molecule is Cc1ccc(Cl)cc1NC(=O)/C(C#N)=C/c1cc(Br)c(I)o1. The Morgan fingerprint density at radius 3 is 2.82 bits per heavy atom. The van der Waals surface area contributed by atoms with E-state index in [0.717, 1.165) is 10.0 Å². The molecule has 4 nitrogen and oxygen atoms in total. The standard InChI is InChI=1S/C15H9BrClIN2O2/c1-8-2-3-10(17)5-13(8)20-15(21)9(7-19)4-11-6-12(16)14(18)22-11/h2-6H,1H3,(H,20,21)/b9-4+. The lowest BCUT2D eigenvalue weighted by molar-refractivity contribution is -0.112. The molecule has 0 radical (unpaired) electrons. The van der Waals surface area contributed by atoms with Crippen molar-refractivity contribution in [1.82, 2.24) is 0 Å². The topological polar surface area (TPSA) is 66.0 Å². The Morgan fingerprint density at radius 2 is 2.23 bits per heavy atom. The number of nitrogens with one attached hydrogen (secondary N) is 1. The first-order valence-corrected chi connectivity index (χ1v) is 8.30. The van der Waals surface area contributed by atoms with Gasteiger partial charge in [-0.2, -0.15) is 5.26 Å². The van der Waals surface area contributed by atoms with Crippen molar-refractivity contribution in [3.05, 3.63) is 54.4 Å². The molecule has 0 aliphatic carbocycles. The molecule has 2 rings (SSSR count). The molecule has 112 valence electrons. The molecule has 1 heterocycles. The van der Waals surface area contributed by atoms with Crippen LogP contribution in [0.1, 0.15) is 11.3 Å². The quantitative estimate of drug-likeness (QED) is 0.367. The molecule has 22 heavy (non-hydrogen) atoms. The minimum atomic E-state index is -0.518. The van der Waals surface area contributed by atoms with Gasteiger partial charge >= 0.3 is 0 Å². The number of nitriles is 1. The summed E-state index contributed by atoms with van der Waals surface area (Å²) in [5.41, 5.74) is 1.36. The van der Waals surface area contributed by atoms with E-state index in [1.807, 2.05) is 35.6 Å². The zero-order valence-electron chi connectivity index (χ0n) is 11.3. The predicted molar refractivity (Wildman–Crippen MR) is 97.5 cm³/mol. The van der Waals surface area contributed by atoms with Crippen molar-refractivity contribution in [2.24, 2.45) is 0 Å². The molecule has 0 spiro atoms. The molecule has 0 aliphatic rings. The molecule has 0 bridgehead atoms. The number of rotatable bonds is 3. The molecule has 7 heteroatoms. The number of benzene rings is 1. The second kappa shape index (κ2) is 7.31. The summed E-state index contributed by atoms with van der Waals surface area (Å²) in [5, 5.41) is 12.4. The number of carbonyl (C=O) groups is 1. The molecule has 1 aromatic carbocycles. The maximum Gasteiger partial charge on any atom is 0.266 e. The van der Waals surface area contributed by atoms with Gasteiger partial charge in [0, 0.05) is 39.4 Å². The number of anilines is 1. The Balaban J connectivity index is 2.26. The van der Waals surface area contributed by atoms with E-state index >= 15 is 0 Å². The number of hydrogen-bond donors (Lipinski definition) is 1. The number of halogens is 3. The number of furan rings is 1. The van der Waals surface area contributed by atoms with Crippen LogP contribution in [0.15, 0.2) is 38.7 Å². The van der Waals surface area contributed by atoms with Gasteiger partial charge in [0.25, 0.3) is 5.91 Å². The van der Waals surface area contributed by atoms with Gasteiger partial charge in [0.1, 0.15) is 17.4 Å². The van der Waals surface area contributed by atoms with Crippen molar-refractivity contribution >= 4 is 67.8 Å². The second-order valence-corrected chi connectivity index (χ2v) is 6.62. The lowest BCUT2D eigenvalue weighted by Gasteiger charge is -2.07. The van der Waals surface area contributed by atoms with Crippen molar-refractivity contribution in [2.45, 2.75) is 6.92 Å². The molecule has 1 N–H and O–H groups in total. The predicted octanol–water partition coefficient (Wildman–Crippen LogP) is 5.15. The lowest BCUT2D eigenvalue weighted by Crippen LogP contribution is -2.14. The van der Waals surface area contributed by atoms with Crippen molar-refractivity contribution in [2.75, 3.05) is 5.32 Å². The van der Waals surface area contributed by atoms with Gasteiger partial charge in [-0.3, -0.25) is 4.79 Å². The van der Waals surface area contributed by atoms with Crippen molar-refractivity contribution in [1.29, 1.82) is 5.26 Å². The number of amides is 1. The number of hydrogen-bond acceptors (Lipinski definition) is 3. The largest absolute Gasteiger partial charge is 0.450 e. The van der Waals surface area contributed by atoms with Gasteiger partial charge in [-0.15, -0.1) is 0 Å². The molecule has 0 saturated carbocycles. The van der Waals surface area contributed by atoms with E-state index in [0.29, 0.717) is 20.2 Å². The highest BCUT2D eigenvalue weighted by molar-refractivity contribution is 14.1. The number of carbonyl (C=O) groups excluding carboxylic acids is 1. The van der Waals surface area contributed by atoms with Gasteiger partial charge in [-0.05, 0) is 46.6 Å². The summed E-state index contributed by atoms with van der Waals surface area (Å²) in [7, 11) is 0. The van der Waals surface area contributed by atoms with Crippen molar-refractivity contribution in [3.63, 3.8) is 0 Å². The Bertz CT molecular complexity index is 789. The van der Waals surface area contributed by atoms with Crippen LogP contribution < -0.4 is 5.32 Å². The maximum atomic E-state index is 12.2. The zero-order valence-corrected chi connectivity index (χ0v) is 15.8. The summed E-state index contributed by atoms with van der Waals surface area (Å²) in [6.07, 6.45) is 1.39. The third-order valence-corrected chi connectivity index (χ3v) is 5.13. The summed E-state index contributed by atoms with van der Waals surface area (Å²) in [4.78, 5) is 12.2. The summed E-state index contributed by atoms with van der Waals surface area (Å²) < 4.78 is 6.81. The molecule has 1 aromatic heterocycles. The number of aryl methyl sites for hydroxylation is 1. The number of nitrogens with zero attached hydrogens (tertiary/aromatic N) is 1. The van der Waals surface area contributed by atoms with Crippen molar-refractivity contribution in [3.8, 4) is 6.07 Å². The van der Waals surface area contributed by atoms with Gasteiger partial charge < -0.3 is 9.73 Å². The molecular weight excluding hydrogens is 482 g/mol. The summed E-state index contributed by atoms with van der Waals surface area (Å²) in [6, 6.07) is 8.72. The molecule has 1 amide bonds. The molecule has 0 aliphatic heterocycles. The first-order valence-electron chi connectivity index (χ1n) is 6.05. The van der Waals surface area contributed by atoms with Gasteiger partial charge in [-0.25, -0.2) is 0 Å². The van der Waals surface area contributed by atoms with Gasteiger partial charge in [0.05, 0.1) is 4.47 Å². The average molecular weight is 492 g/mol. The molecule has 0 unspecified atom stereocenters. The second-order valence-electron chi connectivity index (χ2n) is 4.35. The summed E-state index contributed by atoms with van der Waals surface area (Å²) in [5.74, 6) is -0.0961. The Morgan fingerprint density at radius 1 is 1.50 bits per heavy atom. The minimum absolute atomic E-state index is 0.0583. The zero-order chi connectivity index (χ0) is 16.3. The highest BCUT2D eigenvalue weighted by Gasteiger charge is 2.13. The maximum absolute atomic E-state index is 12.2. The fourth-order valence-corrected chi connectivity index (χ4v) is 2.53. The van der Waals surface area contributed by atoms with Gasteiger partial charge in [0.15, 0.2) is 3.77 Å². The van der Waals surface area contributed by atoms with Crippen LogP contribution in [0, 0.1) is 22.0 Å². The van der Waals surface area contributed by atoms with E-state index in [2.05, 4.69) is 21.2 Å². The Hall–Kier alpha value is -1.30. The third-order valence-electron chi connectivity index (χ3n) is 2.76. The molecular formula is C15H9BrClIN2O2. The first-order chi connectivity index (χ1) is 10.4. The van der Waals surface area contributed by atoms with E-state index in [9.17, 15) is 10.1 Å². The van der Waals surface area contributed by atoms with Crippen molar-refractivity contribution < 1.29 is 9.21 Å². The average Bonchev–Trinajstić information content (AvgIpc) is 2.78. The molecule has 0 saturated heterocycles. The highest BCUT2D eigenvalue weighted by Crippen LogP contribution is 2.25. The van der Waals surface area contributed by atoms with E-state index in [-0.39, 0.29) is 5.57 Å². The molecule has 0 fully saturated rings. The monoisotopic (exact) mass is 490 g/mol. The fourth-order valence-electron chi connectivity index (χ4n) is 1.64. The smallest absolute Gasteiger partial charge is 0.266 e. The van der Waals surface area contributed by atoms with E-state index < -0.39 is 5.91 Å².